The van der Waals surface area contributed by atoms with Gasteiger partial charge in [-0.25, -0.2) is 9.78 Å². The summed E-state index contributed by atoms with van der Waals surface area (Å²) in [6.45, 7) is 3.04. The van der Waals surface area contributed by atoms with Gasteiger partial charge in [-0.05, 0) is 13.0 Å². The van der Waals surface area contributed by atoms with Gasteiger partial charge in [0.2, 0.25) is 0 Å². The number of carbonyl (C=O) groups is 1. The quantitative estimate of drug-likeness (QED) is 0.571. The maximum Gasteiger partial charge on any atom is 0.330 e. The van der Waals surface area contributed by atoms with E-state index >= 15 is 0 Å². The number of esters is 1. The van der Waals surface area contributed by atoms with Gasteiger partial charge in [0, 0.05) is 6.08 Å². The summed E-state index contributed by atoms with van der Waals surface area (Å²) in [5.74, 6) is 0.868. The molecule has 0 saturated carbocycles. The lowest BCUT2D eigenvalue weighted by Gasteiger charge is -2.16. The van der Waals surface area contributed by atoms with Crippen molar-refractivity contribution in [1.29, 1.82) is 0 Å². The largest absolute Gasteiger partial charge is 0.483 e. The first-order chi connectivity index (χ1) is 8.29. The van der Waals surface area contributed by atoms with E-state index in [4.69, 9.17) is 14.2 Å². The second kappa shape index (κ2) is 5.29. The van der Waals surface area contributed by atoms with Gasteiger partial charge in [-0.3, -0.25) is 0 Å². The minimum absolute atomic E-state index is 0.338. The fourth-order valence-electron chi connectivity index (χ4n) is 1.27. The SMILES string of the molecule is CCOC(=O)/C=C/c1ncc2c(n1)OCCO2. The Hall–Kier alpha value is -2.11. The van der Waals surface area contributed by atoms with Crippen LogP contribution < -0.4 is 9.47 Å². The van der Waals surface area contributed by atoms with Crippen LogP contribution in [0.5, 0.6) is 11.6 Å². The van der Waals surface area contributed by atoms with Crippen molar-refractivity contribution < 1.29 is 19.0 Å². The number of aromatic nitrogens is 2. The number of carbonyl (C=O) groups excluding carboxylic acids is 1. The molecule has 0 atom stereocenters. The van der Waals surface area contributed by atoms with Crippen LogP contribution in [0.3, 0.4) is 0 Å². The van der Waals surface area contributed by atoms with Crippen molar-refractivity contribution in [2.45, 2.75) is 6.92 Å². The van der Waals surface area contributed by atoms with E-state index < -0.39 is 5.97 Å². The molecule has 0 saturated heterocycles. The molecule has 90 valence electrons. The molecule has 0 aliphatic carbocycles. The molecule has 2 rings (SSSR count). The summed E-state index contributed by atoms with van der Waals surface area (Å²) >= 11 is 0. The maximum absolute atomic E-state index is 11.1. The molecule has 0 radical (unpaired) electrons. The van der Waals surface area contributed by atoms with E-state index in [1.165, 1.54) is 18.3 Å². The van der Waals surface area contributed by atoms with Crippen LogP contribution in [0.1, 0.15) is 12.7 Å². The topological polar surface area (TPSA) is 70.5 Å². The van der Waals surface area contributed by atoms with Crippen molar-refractivity contribution in [3.8, 4) is 11.6 Å². The first-order valence-corrected chi connectivity index (χ1v) is 5.27. The van der Waals surface area contributed by atoms with Crippen molar-refractivity contribution in [1.82, 2.24) is 9.97 Å². The second-order valence-corrected chi connectivity index (χ2v) is 3.18. The van der Waals surface area contributed by atoms with E-state index in [2.05, 4.69) is 9.97 Å². The molecule has 0 bridgehead atoms. The second-order valence-electron chi connectivity index (χ2n) is 3.18. The Morgan fingerprint density at radius 3 is 3.18 bits per heavy atom. The predicted molar refractivity (Wildman–Crippen MR) is 58.7 cm³/mol. The van der Waals surface area contributed by atoms with Crippen LogP contribution in [0.15, 0.2) is 12.3 Å². The van der Waals surface area contributed by atoms with Crippen LogP contribution in [0.2, 0.25) is 0 Å². The molecule has 0 unspecified atom stereocenters. The average molecular weight is 236 g/mol. The number of ether oxygens (including phenoxy) is 3. The zero-order valence-corrected chi connectivity index (χ0v) is 9.38. The van der Waals surface area contributed by atoms with Gasteiger partial charge >= 0.3 is 5.97 Å². The maximum atomic E-state index is 11.1. The minimum atomic E-state index is -0.425. The standard InChI is InChI=1S/C11H12N2O4/c1-2-15-10(14)4-3-9-12-7-8-11(13-9)17-6-5-16-8/h3-4,7H,2,5-6H2,1H3/b4-3+. The number of nitrogens with zero attached hydrogens (tertiary/aromatic N) is 2. The van der Waals surface area contributed by atoms with Gasteiger partial charge in [0.25, 0.3) is 5.88 Å². The molecule has 0 amide bonds. The van der Waals surface area contributed by atoms with E-state index in [9.17, 15) is 4.79 Å². The molecule has 0 N–H and O–H groups in total. The van der Waals surface area contributed by atoms with Crippen LogP contribution in [-0.2, 0) is 9.53 Å². The molecular weight excluding hydrogens is 224 g/mol. The van der Waals surface area contributed by atoms with Gasteiger partial charge in [-0.2, -0.15) is 4.98 Å². The van der Waals surface area contributed by atoms with E-state index in [0.717, 1.165) is 0 Å². The highest BCUT2D eigenvalue weighted by Gasteiger charge is 2.13. The summed E-state index contributed by atoms with van der Waals surface area (Å²) in [5.41, 5.74) is 0. The van der Waals surface area contributed by atoms with Gasteiger partial charge < -0.3 is 14.2 Å². The fourth-order valence-corrected chi connectivity index (χ4v) is 1.27. The lowest BCUT2D eigenvalue weighted by molar-refractivity contribution is -0.137. The molecule has 1 aromatic rings. The smallest absolute Gasteiger partial charge is 0.330 e. The Morgan fingerprint density at radius 2 is 2.35 bits per heavy atom. The molecule has 2 heterocycles. The molecule has 1 aliphatic heterocycles. The van der Waals surface area contributed by atoms with Crippen LogP contribution in [0.4, 0.5) is 0 Å². The van der Waals surface area contributed by atoms with E-state index in [1.807, 2.05) is 0 Å². The van der Waals surface area contributed by atoms with E-state index in [1.54, 1.807) is 6.92 Å². The van der Waals surface area contributed by atoms with Crippen molar-refractivity contribution >= 4 is 12.0 Å². The predicted octanol–water partition coefficient (Wildman–Crippen LogP) is 0.824. The van der Waals surface area contributed by atoms with Crippen molar-refractivity contribution in [3.05, 3.63) is 18.1 Å². The van der Waals surface area contributed by atoms with E-state index in [0.29, 0.717) is 37.3 Å². The van der Waals surface area contributed by atoms with Gasteiger partial charge in [0.05, 0.1) is 12.8 Å². The normalized spacial score (nSPS) is 13.7. The van der Waals surface area contributed by atoms with Crippen LogP contribution >= 0.6 is 0 Å². The Labute approximate surface area is 98.2 Å². The van der Waals surface area contributed by atoms with E-state index in [-0.39, 0.29) is 0 Å². The molecule has 0 spiro atoms. The summed E-state index contributed by atoms with van der Waals surface area (Å²) in [7, 11) is 0. The van der Waals surface area contributed by atoms with Crippen LogP contribution in [-0.4, -0.2) is 35.8 Å². The first-order valence-electron chi connectivity index (χ1n) is 5.27. The summed E-state index contributed by atoms with van der Waals surface area (Å²) in [5, 5.41) is 0. The van der Waals surface area contributed by atoms with Crippen molar-refractivity contribution in [3.63, 3.8) is 0 Å². The highest BCUT2D eigenvalue weighted by molar-refractivity contribution is 5.86. The Bertz CT molecular complexity index is 445. The molecule has 17 heavy (non-hydrogen) atoms. The zero-order chi connectivity index (χ0) is 12.1. The highest BCUT2D eigenvalue weighted by atomic mass is 16.6. The van der Waals surface area contributed by atoms with Crippen LogP contribution in [0, 0.1) is 0 Å². The monoisotopic (exact) mass is 236 g/mol. The number of fused-ring (bicyclic) bond motifs is 1. The Balaban J connectivity index is 2.09. The number of hydrogen-bond acceptors (Lipinski definition) is 6. The third-order valence-electron chi connectivity index (χ3n) is 1.98. The van der Waals surface area contributed by atoms with Gasteiger partial charge in [0.1, 0.15) is 13.2 Å². The molecule has 1 aliphatic rings. The van der Waals surface area contributed by atoms with Gasteiger partial charge in [-0.1, -0.05) is 0 Å². The summed E-state index contributed by atoms with van der Waals surface area (Å²) in [4.78, 5) is 19.2. The van der Waals surface area contributed by atoms with Crippen molar-refractivity contribution in [2.24, 2.45) is 0 Å². The number of rotatable bonds is 3. The summed E-state index contributed by atoms with van der Waals surface area (Å²) < 4.78 is 15.3. The molecule has 1 aromatic heterocycles. The van der Waals surface area contributed by atoms with Crippen molar-refractivity contribution in [2.75, 3.05) is 19.8 Å². The summed E-state index contributed by atoms with van der Waals surface area (Å²) in [6, 6.07) is 0. The highest BCUT2D eigenvalue weighted by Crippen LogP contribution is 2.26. The Morgan fingerprint density at radius 1 is 1.53 bits per heavy atom. The third kappa shape index (κ3) is 2.93. The molecule has 6 heteroatoms. The zero-order valence-electron chi connectivity index (χ0n) is 9.38. The first kappa shape index (κ1) is 11.4. The summed E-state index contributed by atoms with van der Waals surface area (Å²) in [6.07, 6.45) is 4.26. The molecule has 6 nitrogen and oxygen atoms in total. The molecular formula is C11H12N2O4. The third-order valence-corrected chi connectivity index (χ3v) is 1.98. The molecule has 0 aromatic carbocycles. The van der Waals surface area contributed by atoms with Gasteiger partial charge in [0.15, 0.2) is 11.6 Å². The Kier molecular flexibility index (Phi) is 3.54. The molecule has 0 fully saturated rings. The minimum Gasteiger partial charge on any atom is -0.483 e. The van der Waals surface area contributed by atoms with Gasteiger partial charge in [-0.15, -0.1) is 0 Å². The fraction of sp³-hybridized carbons (Fsp3) is 0.364. The average Bonchev–Trinajstić information content (AvgIpc) is 2.36. The lowest BCUT2D eigenvalue weighted by atomic mass is 10.4. The lowest BCUT2D eigenvalue weighted by Crippen LogP contribution is -2.17. The number of hydrogen-bond donors (Lipinski definition) is 0. The van der Waals surface area contributed by atoms with Crippen LogP contribution in [0.25, 0.3) is 6.08 Å².